The molecule has 0 unspecified atom stereocenters. The lowest BCUT2D eigenvalue weighted by Crippen LogP contribution is -2.46. The summed E-state index contributed by atoms with van der Waals surface area (Å²) in [5, 5.41) is 11.3. The molecule has 0 spiro atoms. The summed E-state index contributed by atoms with van der Waals surface area (Å²) in [6, 6.07) is 1.57. The Kier molecular flexibility index (Phi) is 3.89. The molecule has 0 atom stereocenters. The predicted octanol–water partition coefficient (Wildman–Crippen LogP) is 2.00. The Balaban J connectivity index is 2.02. The summed E-state index contributed by atoms with van der Waals surface area (Å²) in [5.41, 5.74) is -1.01. The summed E-state index contributed by atoms with van der Waals surface area (Å²) < 4.78 is 37.4. The van der Waals surface area contributed by atoms with Crippen molar-refractivity contribution in [3.63, 3.8) is 0 Å². The van der Waals surface area contributed by atoms with Crippen LogP contribution < -0.4 is 5.32 Å². The van der Waals surface area contributed by atoms with Crippen molar-refractivity contribution in [1.82, 2.24) is 10.3 Å². The number of carbonyl (C=O) groups excluding carboxylic acids is 1. The molecule has 8 heteroatoms. The molecule has 0 radical (unpaired) electrons. The third-order valence-electron chi connectivity index (χ3n) is 3.44. The number of pyridine rings is 1. The van der Waals surface area contributed by atoms with E-state index in [9.17, 15) is 22.8 Å². The standard InChI is InChI=1S/C13H13F3N2O3/c1-6-9(2-3-10(17-6)13(14,15)16)11(19)18-8-4-7(5-8)12(20)21/h2-3,7-8H,4-5H2,1H3,(H,18,19)(H,20,21). The molecule has 1 aromatic heterocycles. The lowest BCUT2D eigenvalue weighted by atomic mass is 9.80. The molecule has 0 aliphatic heterocycles. The fraction of sp³-hybridized carbons (Fsp3) is 0.462. The summed E-state index contributed by atoms with van der Waals surface area (Å²) in [7, 11) is 0. The third kappa shape index (κ3) is 3.32. The van der Waals surface area contributed by atoms with Crippen LogP contribution in [0.2, 0.25) is 0 Å². The molecule has 1 amide bonds. The zero-order valence-corrected chi connectivity index (χ0v) is 11.1. The van der Waals surface area contributed by atoms with Crippen LogP contribution >= 0.6 is 0 Å². The number of carboxylic acids is 1. The van der Waals surface area contributed by atoms with Crippen molar-refractivity contribution in [1.29, 1.82) is 0 Å². The summed E-state index contributed by atoms with van der Waals surface area (Å²) in [6.45, 7) is 1.32. The van der Waals surface area contributed by atoms with Crippen LogP contribution in [0.5, 0.6) is 0 Å². The van der Waals surface area contributed by atoms with Gasteiger partial charge in [-0.3, -0.25) is 9.59 Å². The van der Waals surface area contributed by atoms with Crippen LogP contribution in [0.4, 0.5) is 13.2 Å². The average molecular weight is 302 g/mol. The molecule has 1 heterocycles. The minimum atomic E-state index is -4.55. The summed E-state index contributed by atoms with van der Waals surface area (Å²) in [4.78, 5) is 25.9. The number of nitrogens with zero attached hydrogens (tertiary/aromatic N) is 1. The van der Waals surface area contributed by atoms with Gasteiger partial charge < -0.3 is 10.4 Å². The first-order valence-corrected chi connectivity index (χ1v) is 6.27. The molecule has 2 rings (SSSR count). The van der Waals surface area contributed by atoms with Crippen molar-refractivity contribution in [3.8, 4) is 0 Å². The molecule has 1 saturated carbocycles. The number of amides is 1. The number of carboxylic acid groups (broad SMARTS) is 1. The molecular weight excluding hydrogens is 289 g/mol. The van der Waals surface area contributed by atoms with E-state index in [0.717, 1.165) is 12.1 Å². The fourth-order valence-corrected chi connectivity index (χ4v) is 2.16. The third-order valence-corrected chi connectivity index (χ3v) is 3.44. The van der Waals surface area contributed by atoms with E-state index in [-0.39, 0.29) is 17.3 Å². The number of carbonyl (C=O) groups is 2. The monoisotopic (exact) mass is 302 g/mol. The molecule has 0 bridgehead atoms. The second kappa shape index (κ2) is 5.34. The number of hydrogen-bond donors (Lipinski definition) is 2. The van der Waals surface area contributed by atoms with Gasteiger partial charge in [0.15, 0.2) is 0 Å². The van der Waals surface area contributed by atoms with Gasteiger partial charge in [0.05, 0.1) is 17.2 Å². The van der Waals surface area contributed by atoms with Crippen LogP contribution in [0, 0.1) is 12.8 Å². The summed E-state index contributed by atoms with van der Waals surface area (Å²) in [6.07, 6.45) is -3.90. The molecule has 5 nitrogen and oxygen atoms in total. The highest BCUT2D eigenvalue weighted by atomic mass is 19.4. The maximum atomic E-state index is 12.5. The predicted molar refractivity (Wildman–Crippen MR) is 65.6 cm³/mol. The lowest BCUT2D eigenvalue weighted by Gasteiger charge is -2.32. The van der Waals surface area contributed by atoms with E-state index in [4.69, 9.17) is 5.11 Å². The largest absolute Gasteiger partial charge is 0.481 e. The number of aliphatic carboxylic acids is 1. The molecular formula is C13H13F3N2O3. The van der Waals surface area contributed by atoms with Gasteiger partial charge in [0.2, 0.25) is 0 Å². The van der Waals surface area contributed by atoms with Crippen molar-refractivity contribution in [3.05, 3.63) is 29.1 Å². The smallest absolute Gasteiger partial charge is 0.433 e. The van der Waals surface area contributed by atoms with Gasteiger partial charge in [-0.1, -0.05) is 0 Å². The molecule has 21 heavy (non-hydrogen) atoms. The molecule has 1 aliphatic rings. The Morgan fingerprint density at radius 1 is 1.33 bits per heavy atom. The quantitative estimate of drug-likeness (QED) is 0.895. The fourth-order valence-electron chi connectivity index (χ4n) is 2.16. The number of halogens is 3. The lowest BCUT2D eigenvalue weighted by molar-refractivity contribution is -0.145. The van der Waals surface area contributed by atoms with Gasteiger partial charge >= 0.3 is 12.1 Å². The Bertz CT molecular complexity index is 581. The number of nitrogens with one attached hydrogen (secondary N) is 1. The summed E-state index contributed by atoms with van der Waals surface area (Å²) >= 11 is 0. The maximum absolute atomic E-state index is 12.5. The number of alkyl halides is 3. The van der Waals surface area contributed by atoms with Crippen molar-refractivity contribution in [2.45, 2.75) is 32.0 Å². The highest BCUT2D eigenvalue weighted by Gasteiger charge is 2.36. The SMILES string of the molecule is Cc1nc(C(F)(F)F)ccc1C(=O)NC1CC(C(=O)O)C1. The molecule has 1 fully saturated rings. The number of aryl methyl sites for hydroxylation is 1. The van der Waals surface area contributed by atoms with Gasteiger partial charge in [-0.15, -0.1) is 0 Å². The zero-order valence-electron chi connectivity index (χ0n) is 11.1. The average Bonchev–Trinajstić information content (AvgIpc) is 2.31. The topological polar surface area (TPSA) is 79.3 Å². The first-order valence-electron chi connectivity index (χ1n) is 6.27. The Morgan fingerprint density at radius 2 is 1.95 bits per heavy atom. The number of rotatable bonds is 3. The van der Waals surface area contributed by atoms with Crippen molar-refractivity contribution >= 4 is 11.9 Å². The van der Waals surface area contributed by atoms with Gasteiger partial charge in [-0.05, 0) is 31.9 Å². The Hall–Kier alpha value is -2.12. The highest BCUT2D eigenvalue weighted by molar-refractivity contribution is 5.95. The Morgan fingerprint density at radius 3 is 2.43 bits per heavy atom. The van der Waals surface area contributed by atoms with Crippen LogP contribution in [0.25, 0.3) is 0 Å². The minimum absolute atomic E-state index is 0.0172. The van der Waals surface area contributed by atoms with E-state index in [1.165, 1.54) is 6.92 Å². The van der Waals surface area contributed by atoms with Crippen molar-refractivity contribution in [2.75, 3.05) is 0 Å². The molecule has 114 valence electrons. The molecule has 2 N–H and O–H groups in total. The first kappa shape index (κ1) is 15.3. The van der Waals surface area contributed by atoms with Crippen LogP contribution in [0.3, 0.4) is 0 Å². The normalized spacial score (nSPS) is 21.5. The van der Waals surface area contributed by atoms with Gasteiger partial charge in [0.25, 0.3) is 5.91 Å². The van der Waals surface area contributed by atoms with E-state index >= 15 is 0 Å². The van der Waals surface area contributed by atoms with Gasteiger partial charge in [-0.25, -0.2) is 4.98 Å². The van der Waals surface area contributed by atoms with Gasteiger partial charge in [0, 0.05) is 6.04 Å². The van der Waals surface area contributed by atoms with E-state index in [0.29, 0.717) is 12.8 Å². The first-order chi connectivity index (χ1) is 9.68. The second-order valence-corrected chi connectivity index (χ2v) is 5.00. The molecule has 0 saturated heterocycles. The van der Waals surface area contributed by atoms with E-state index in [1.54, 1.807) is 0 Å². The number of aromatic nitrogens is 1. The van der Waals surface area contributed by atoms with Crippen LogP contribution in [-0.2, 0) is 11.0 Å². The van der Waals surface area contributed by atoms with Gasteiger partial charge in [0.1, 0.15) is 5.69 Å². The van der Waals surface area contributed by atoms with Crippen molar-refractivity contribution < 1.29 is 27.9 Å². The molecule has 1 aromatic rings. The maximum Gasteiger partial charge on any atom is 0.433 e. The van der Waals surface area contributed by atoms with E-state index in [2.05, 4.69) is 10.3 Å². The summed E-state index contributed by atoms with van der Waals surface area (Å²) in [5.74, 6) is -1.92. The number of hydrogen-bond acceptors (Lipinski definition) is 3. The van der Waals surface area contributed by atoms with Crippen LogP contribution in [0.1, 0.15) is 34.6 Å². The minimum Gasteiger partial charge on any atom is -0.481 e. The second-order valence-electron chi connectivity index (χ2n) is 5.00. The van der Waals surface area contributed by atoms with E-state index < -0.39 is 29.7 Å². The zero-order chi connectivity index (χ0) is 15.8. The molecule has 1 aliphatic carbocycles. The highest BCUT2D eigenvalue weighted by Crippen LogP contribution is 2.29. The Labute approximate surface area is 118 Å². The van der Waals surface area contributed by atoms with Crippen molar-refractivity contribution in [2.24, 2.45) is 5.92 Å². The van der Waals surface area contributed by atoms with Crippen LogP contribution in [0.15, 0.2) is 12.1 Å². The van der Waals surface area contributed by atoms with E-state index in [1.807, 2.05) is 0 Å². The van der Waals surface area contributed by atoms with Crippen LogP contribution in [-0.4, -0.2) is 28.0 Å². The van der Waals surface area contributed by atoms with Gasteiger partial charge in [-0.2, -0.15) is 13.2 Å². The molecule has 0 aromatic carbocycles.